The summed E-state index contributed by atoms with van der Waals surface area (Å²) < 4.78 is 74.0. The molecule has 0 fully saturated rings. The summed E-state index contributed by atoms with van der Waals surface area (Å²) in [6, 6.07) is 0.943. The van der Waals surface area contributed by atoms with Crippen molar-refractivity contribution in [3.05, 3.63) is 35.1 Å². The lowest BCUT2D eigenvalue weighted by Crippen LogP contribution is -2.10. The number of alkyl halides is 6. The van der Waals surface area contributed by atoms with Gasteiger partial charge in [0.05, 0.1) is 5.56 Å². The average Bonchev–Trinajstić information content (AvgIpc) is 1.99. The van der Waals surface area contributed by atoms with E-state index in [4.69, 9.17) is 0 Å². The topological polar surface area (TPSA) is 0 Å². The SMILES string of the molecule is Fc1cc(C(F)(F)Br)ccc1C(F)(F)F. The lowest BCUT2D eigenvalue weighted by atomic mass is 10.1. The first kappa shape index (κ1) is 12.4. The molecule has 0 aliphatic carbocycles. The Hall–Kier alpha value is -0.720. The fourth-order valence-electron chi connectivity index (χ4n) is 0.921. The zero-order valence-electron chi connectivity index (χ0n) is 6.88. The number of halogens is 7. The lowest BCUT2D eigenvalue weighted by molar-refractivity contribution is -0.140. The third kappa shape index (κ3) is 2.87. The molecule has 0 nitrogen and oxygen atoms in total. The van der Waals surface area contributed by atoms with Crippen molar-refractivity contribution in [2.24, 2.45) is 0 Å². The van der Waals surface area contributed by atoms with Crippen molar-refractivity contribution in [3.63, 3.8) is 0 Å². The molecule has 0 bridgehead atoms. The number of benzene rings is 1. The molecular formula is C8H3BrF6. The Morgan fingerprint density at radius 2 is 1.53 bits per heavy atom. The highest BCUT2D eigenvalue weighted by molar-refractivity contribution is 9.09. The maximum atomic E-state index is 12.8. The number of rotatable bonds is 1. The molecule has 84 valence electrons. The predicted octanol–water partition coefficient (Wildman–Crippen LogP) is 4.29. The van der Waals surface area contributed by atoms with Crippen molar-refractivity contribution in [2.75, 3.05) is 0 Å². The van der Waals surface area contributed by atoms with Gasteiger partial charge in [0.25, 0.3) is 0 Å². The molecule has 7 heteroatoms. The number of hydrogen-bond acceptors (Lipinski definition) is 0. The first-order valence-electron chi connectivity index (χ1n) is 3.56. The smallest absolute Gasteiger partial charge is 0.206 e. The molecule has 1 rings (SSSR count). The molecule has 0 N–H and O–H groups in total. The van der Waals surface area contributed by atoms with E-state index in [0.717, 1.165) is 0 Å². The summed E-state index contributed by atoms with van der Waals surface area (Å²) in [5.74, 6) is -1.72. The van der Waals surface area contributed by atoms with E-state index in [1.165, 1.54) is 0 Å². The van der Waals surface area contributed by atoms with Gasteiger partial charge in [-0.3, -0.25) is 0 Å². The van der Waals surface area contributed by atoms with Crippen LogP contribution in [0.3, 0.4) is 0 Å². The van der Waals surface area contributed by atoms with Crippen molar-refractivity contribution in [1.29, 1.82) is 0 Å². The van der Waals surface area contributed by atoms with Gasteiger partial charge in [-0.15, -0.1) is 0 Å². The van der Waals surface area contributed by atoms with E-state index in [1.807, 2.05) is 15.9 Å². The second kappa shape index (κ2) is 3.70. The van der Waals surface area contributed by atoms with E-state index < -0.39 is 28.0 Å². The molecule has 0 amide bonds. The van der Waals surface area contributed by atoms with Gasteiger partial charge in [-0.25, -0.2) is 4.39 Å². The van der Waals surface area contributed by atoms with Gasteiger partial charge in [-0.05, 0) is 28.1 Å². The molecule has 15 heavy (non-hydrogen) atoms. The Labute approximate surface area is 89.0 Å². The Bertz CT molecular complexity index is 364. The molecule has 0 heterocycles. The second-order valence-electron chi connectivity index (χ2n) is 2.69. The van der Waals surface area contributed by atoms with Crippen molar-refractivity contribution in [1.82, 2.24) is 0 Å². The van der Waals surface area contributed by atoms with Crippen LogP contribution in [0.15, 0.2) is 18.2 Å². The molecule has 0 saturated heterocycles. The molecule has 0 atom stereocenters. The zero-order valence-corrected chi connectivity index (χ0v) is 8.46. The molecular weight excluding hydrogens is 290 g/mol. The molecule has 1 aromatic rings. The van der Waals surface area contributed by atoms with E-state index in [-0.39, 0.29) is 12.1 Å². The van der Waals surface area contributed by atoms with Crippen molar-refractivity contribution >= 4 is 15.9 Å². The van der Waals surface area contributed by atoms with Crippen LogP contribution in [0.2, 0.25) is 0 Å². The monoisotopic (exact) mass is 292 g/mol. The summed E-state index contributed by atoms with van der Waals surface area (Å²) in [7, 11) is 0. The van der Waals surface area contributed by atoms with Crippen LogP contribution in [-0.2, 0) is 11.0 Å². The minimum Gasteiger partial charge on any atom is -0.206 e. The van der Waals surface area contributed by atoms with Crippen LogP contribution in [0, 0.1) is 5.82 Å². The van der Waals surface area contributed by atoms with Gasteiger partial charge in [0.2, 0.25) is 0 Å². The molecule has 0 unspecified atom stereocenters. The van der Waals surface area contributed by atoms with Crippen LogP contribution in [0.4, 0.5) is 26.3 Å². The van der Waals surface area contributed by atoms with Crippen LogP contribution < -0.4 is 0 Å². The lowest BCUT2D eigenvalue weighted by Gasteiger charge is -2.12. The van der Waals surface area contributed by atoms with Gasteiger partial charge in [0.15, 0.2) is 0 Å². The van der Waals surface area contributed by atoms with E-state index in [9.17, 15) is 26.3 Å². The average molecular weight is 293 g/mol. The fraction of sp³-hybridized carbons (Fsp3) is 0.250. The normalized spacial score (nSPS) is 13.0. The second-order valence-corrected chi connectivity index (χ2v) is 3.69. The third-order valence-electron chi connectivity index (χ3n) is 1.60. The minimum absolute atomic E-state index is 0.150. The maximum Gasteiger partial charge on any atom is 0.419 e. The molecule has 0 spiro atoms. The summed E-state index contributed by atoms with van der Waals surface area (Å²) in [6.07, 6.45) is -4.88. The summed E-state index contributed by atoms with van der Waals surface area (Å²) in [5.41, 5.74) is -2.43. The Kier molecular flexibility index (Phi) is 3.04. The van der Waals surface area contributed by atoms with Crippen LogP contribution in [0.1, 0.15) is 11.1 Å². The standard InChI is InChI=1S/C8H3BrF6/c9-7(11,12)4-1-2-5(6(10)3-4)8(13,14)15/h1-3H. The highest BCUT2D eigenvalue weighted by Crippen LogP contribution is 2.38. The molecule has 1 aromatic carbocycles. The maximum absolute atomic E-state index is 12.8. The summed E-state index contributed by atoms with van der Waals surface area (Å²) in [5, 5.41) is 0. The third-order valence-corrected chi connectivity index (χ3v) is 2.06. The van der Waals surface area contributed by atoms with Gasteiger partial charge in [-0.1, -0.05) is 6.07 Å². The zero-order chi connectivity index (χ0) is 11.9. The van der Waals surface area contributed by atoms with Gasteiger partial charge < -0.3 is 0 Å². The molecule has 0 aromatic heterocycles. The first-order chi connectivity index (χ1) is 6.62. The largest absolute Gasteiger partial charge is 0.419 e. The van der Waals surface area contributed by atoms with Crippen molar-refractivity contribution in [3.8, 4) is 0 Å². The van der Waals surface area contributed by atoms with E-state index in [1.54, 1.807) is 0 Å². The van der Waals surface area contributed by atoms with E-state index >= 15 is 0 Å². The number of hydrogen-bond donors (Lipinski definition) is 0. The minimum atomic E-state index is -4.88. The van der Waals surface area contributed by atoms with Gasteiger partial charge in [0.1, 0.15) is 5.82 Å². The van der Waals surface area contributed by atoms with E-state index in [0.29, 0.717) is 6.07 Å². The van der Waals surface area contributed by atoms with Crippen LogP contribution in [0.25, 0.3) is 0 Å². The summed E-state index contributed by atoms with van der Waals surface area (Å²) in [4.78, 5) is -3.54. The van der Waals surface area contributed by atoms with Gasteiger partial charge >= 0.3 is 11.0 Å². The summed E-state index contributed by atoms with van der Waals surface area (Å²) in [6.45, 7) is 0. The van der Waals surface area contributed by atoms with Crippen LogP contribution >= 0.6 is 15.9 Å². The predicted molar refractivity (Wildman–Crippen MR) is 44.2 cm³/mol. The summed E-state index contributed by atoms with van der Waals surface area (Å²) >= 11 is 1.91. The van der Waals surface area contributed by atoms with E-state index in [2.05, 4.69) is 0 Å². The Balaban J connectivity index is 3.21. The van der Waals surface area contributed by atoms with Crippen LogP contribution in [0.5, 0.6) is 0 Å². The highest BCUT2D eigenvalue weighted by atomic mass is 79.9. The van der Waals surface area contributed by atoms with Gasteiger partial charge in [-0.2, -0.15) is 22.0 Å². The fourth-order valence-corrected chi connectivity index (χ4v) is 1.17. The first-order valence-corrected chi connectivity index (χ1v) is 4.35. The molecule has 0 aliphatic heterocycles. The molecule has 0 saturated carbocycles. The van der Waals surface area contributed by atoms with Gasteiger partial charge in [0, 0.05) is 5.56 Å². The molecule has 0 aliphatic rings. The van der Waals surface area contributed by atoms with Crippen molar-refractivity contribution < 1.29 is 26.3 Å². The molecule has 0 radical (unpaired) electrons. The Morgan fingerprint density at radius 3 is 1.87 bits per heavy atom. The van der Waals surface area contributed by atoms with Crippen molar-refractivity contribution in [2.45, 2.75) is 11.0 Å². The highest BCUT2D eigenvalue weighted by Gasteiger charge is 2.36. The Morgan fingerprint density at radius 1 is 1.00 bits per heavy atom. The quantitative estimate of drug-likeness (QED) is 0.535. The van der Waals surface area contributed by atoms with Crippen LogP contribution in [-0.4, -0.2) is 0 Å².